The Hall–Kier alpha value is -1.10. The second kappa shape index (κ2) is 3.96. The monoisotopic (exact) mass is 225 g/mol. The molecule has 0 spiro atoms. The van der Waals surface area contributed by atoms with Gasteiger partial charge in [0.25, 0.3) is 0 Å². The van der Waals surface area contributed by atoms with Crippen LogP contribution in [-0.4, -0.2) is 13.4 Å². The molecule has 0 bridgehead atoms. The minimum absolute atomic E-state index is 0.190. The summed E-state index contributed by atoms with van der Waals surface area (Å²) in [5.41, 5.74) is 0.190. The highest BCUT2D eigenvalue weighted by Crippen LogP contribution is 2.31. The Bertz CT molecular complexity index is 327. The molecule has 0 saturated carbocycles. The molecule has 1 rings (SSSR count). The molecule has 1 aromatic carbocycles. The second-order valence-electron chi connectivity index (χ2n) is 2.44. The van der Waals surface area contributed by atoms with Gasteiger partial charge in [-0.15, -0.1) is 13.2 Å². The molecule has 0 radical (unpaired) electrons. The maximum atomic E-state index is 11.9. The molecule has 78 valence electrons. The molecule has 0 fully saturated rings. The first-order chi connectivity index (χ1) is 6.42. The maximum absolute atomic E-state index is 11.9. The van der Waals surface area contributed by atoms with Crippen LogP contribution in [0.1, 0.15) is 0 Å². The molecule has 0 aliphatic heterocycles. The number of hydrogen-bond donors (Lipinski definition) is 1. The Balaban J connectivity index is 2.97. The van der Waals surface area contributed by atoms with E-state index < -0.39 is 6.36 Å². The third-order valence-corrected chi connectivity index (χ3v) is 1.67. The summed E-state index contributed by atoms with van der Waals surface area (Å²) in [7, 11) is 1.48. The van der Waals surface area contributed by atoms with Crippen molar-refractivity contribution in [2.45, 2.75) is 6.36 Å². The number of ether oxygens (including phenoxy) is 1. The molecule has 0 saturated heterocycles. The van der Waals surface area contributed by atoms with Gasteiger partial charge in [0.1, 0.15) is 0 Å². The predicted octanol–water partition coefficient (Wildman–Crippen LogP) is 3.28. The lowest BCUT2D eigenvalue weighted by atomic mass is 10.3. The summed E-state index contributed by atoms with van der Waals surface area (Å²) in [6.07, 6.45) is -4.70. The van der Waals surface area contributed by atoms with Gasteiger partial charge in [0, 0.05) is 12.1 Å². The van der Waals surface area contributed by atoms with Crippen LogP contribution in [0.2, 0.25) is 5.02 Å². The number of alkyl halides is 3. The van der Waals surface area contributed by atoms with Crippen molar-refractivity contribution in [1.29, 1.82) is 0 Å². The summed E-state index contributed by atoms with van der Waals surface area (Å²) in [5.74, 6) is -0.301. The third-order valence-electron chi connectivity index (χ3n) is 1.44. The maximum Gasteiger partial charge on any atom is 0.573 e. The van der Waals surface area contributed by atoms with E-state index in [0.717, 1.165) is 6.07 Å². The average molecular weight is 226 g/mol. The van der Waals surface area contributed by atoms with Crippen LogP contribution in [-0.2, 0) is 0 Å². The number of rotatable bonds is 2. The van der Waals surface area contributed by atoms with E-state index in [0.29, 0.717) is 5.02 Å². The standard InChI is InChI=1S/C8H7ClF3NO/c1-13-6-4-5(9)2-3-7(6)14-8(10,11)12/h2-4,13H,1H3. The van der Waals surface area contributed by atoms with Gasteiger partial charge in [-0.05, 0) is 18.2 Å². The van der Waals surface area contributed by atoms with Crippen LogP contribution in [0.15, 0.2) is 18.2 Å². The van der Waals surface area contributed by atoms with Crippen molar-refractivity contribution in [3.05, 3.63) is 23.2 Å². The van der Waals surface area contributed by atoms with E-state index in [1.165, 1.54) is 19.2 Å². The van der Waals surface area contributed by atoms with Gasteiger partial charge < -0.3 is 10.1 Å². The molecule has 0 unspecified atom stereocenters. The first-order valence-electron chi connectivity index (χ1n) is 3.65. The van der Waals surface area contributed by atoms with Crippen LogP contribution >= 0.6 is 11.6 Å². The van der Waals surface area contributed by atoms with Gasteiger partial charge in [-0.1, -0.05) is 11.6 Å². The van der Waals surface area contributed by atoms with Crippen molar-refractivity contribution in [2.75, 3.05) is 12.4 Å². The molecule has 2 nitrogen and oxygen atoms in total. The zero-order valence-electron chi connectivity index (χ0n) is 7.15. The minimum Gasteiger partial charge on any atom is -0.404 e. The summed E-state index contributed by atoms with van der Waals surface area (Å²) < 4.78 is 39.4. The highest BCUT2D eigenvalue weighted by atomic mass is 35.5. The Morgan fingerprint density at radius 2 is 2.00 bits per heavy atom. The highest BCUT2D eigenvalue weighted by Gasteiger charge is 2.32. The SMILES string of the molecule is CNc1cc(Cl)ccc1OC(F)(F)F. The van der Waals surface area contributed by atoms with E-state index in [-0.39, 0.29) is 11.4 Å². The summed E-state index contributed by atoms with van der Waals surface area (Å²) in [6.45, 7) is 0. The normalized spacial score (nSPS) is 11.2. The molecular formula is C8H7ClF3NO. The fourth-order valence-corrected chi connectivity index (χ4v) is 1.08. The zero-order valence-corrected chi connectivity index (χ0v) is 7.91. The van der Waals surface area contributed by atoms with Crippen molar-refractivity contribution < 1.29 is 17.9 Å². The average Bonchev–Trinajstić information content (AvgIpc) is 2.06. The molecule has 0 aliphatic carbocycles. The van der Waals surface area contributed by atoms with Crippen LogP contribution in [0, 0.1) is 0 Å². The van der Waals surface area contributed by atoms with Gasteiger partial charge in [-0.2, -0.15) is 0 Å². The lowest BCUT2D eigenvalue weighted by Gasteiger charge is -2.12. The van der Waals surface area contributed by atoms with Gasteiger partial charge in [-0.25, -0.2) is 0 Å². The van der Waals surface area contributed by atoms with Crippen LogP contribution < -0.4 is 10.1 Å². The number of halogens is 4. The zero-order chi connectivity index (χ0) is 10.8. The molecule has 14 heavy (non-hydrogen) atoms. The van der Waals surface area contributed by atoms with Crippen molar-refractivity contribution in [3.63, 3.8) is 0 Å². The number of nitrogens with one attached hydrogen (secondary N) is 1. The van der Waals surface area contributed by atoms with Crippen molar-refractivity contribution in [3.8, 4) is 5.75 Å². The summed E-state index contributed by atoms with van der Waals surface area (Å²) in [6, 6.07) is 3.83. The fraction of sp³-hybridized carbons (Fsp3) is 0.250. The quantitative estimate of drug-likeness (QED) is 0.834. The molecule has 0 aliphatic rings. The lowest BCUT2D eigenvalue weighted by molar-refractivity contribution is -0.274. The van der Waals surface area contributed by atoms with Gasteiger partial charge in [-0.3, -0.25) is 0 Å². The molecule has 1 N–H and O–H groups in total. The number of anilines is 1. The lowest BCUT2D eigenvalue weighted by Crippen LogP contribution is -2.17. The van der Waals surface area contributed by atoms with E-state index in [9.17, 15) is 13.2 Å². The number of benzene rings is 1. The third kappa shape index (κ3) is 2.99. The second-order valence-corrected chi connectivity index (χ2v) is 2.87. The summed E-state index contributed by atoms with van der Waals surface area (Å²) in [4.78, 5) is 0. The van der Waals surface area contributed by atoms with E-state index in [2.05, 4.69) is 10.1 Å². The topological polar surface area (TPSA) is 21.3 Å². The van der Waals surface area contributed by atoms with Crippen molar-refractivity contribution >= 4 is 17.3 Å². The Morgan fingerprint density at radius 1 is 1.36 bits per heavy atom. The Labute approximate surface area is 83.6 Å². The number of hydrogen-bond acceptors (Lipinski definition) is 2. The van der Waals surface area contributed by atoms with Gasteiger partial charge in [0.15, 0.2) is 5.75 Å². The molecule has 0 heterocycles. The summed E-state index contributed by atoms with van der Waals surface area (Å²) in [5, 5.41) is 2.89. The minimum atomic E-state index is -4.70. The Kier molecular flexibility index (Phi) is 3.10. The van der Waals surface area contributed by atoms with Crippen LogP contribution in [0.25, 0.3) is 0 Å². The molecule has 0 atom stereocenters. The highest BCUT2D eigenvalue weighted by molar-refractivity contribution is 6.30. The van der Waals surface area contributed by atoms with Crippen molar-refractivity contribution in [2.24, 2.45) is 0 Å². The van der Waals surface area contributed by atoms with E-state index >= 15 is 0 Å². The fourth-order valence-electron chi connectivity index (χ4n) is 0.911. The predicted molar refractivity (Wildman–Crippen MR) is 47.7 cm³/mol. The molecule has 0 amide bonds. The molecule has 6 heteroatoms. The Morgan fingerprint density at radius 3 is 2.50 bits per heavy atom. The van der Waals surface area contributed by atoms with Crippen molar-refractivity contribution in [1.82, 2.24) is 0 Å². The van der Waals surface area contributed by atoms with E-state index in [1.54, 1.807) is 0 Å². The van der Waals surface area contributed by atoms with Crippen LogP contribution in [0.5, 0.6) is 5.75 Å². The van der Waals surface area contributed by atoms with Crippen LogP contribution in [0.3, 0.4) is 0 Å². The summed E-state index contributed by atoms with van der Waals surface area (Å²) >= 11 is 5.59. The van der Waals surface area contributed by atoms with E-state index in [1.807, 2.05) is 0 Å². The molecule has 1 aromatic rings. The molecular weight excluding hydrogens is 219 g/mol. The van der Waals surface area contributed by atoms with Gasteiger partial charge >= 0.3 is 6.36 Å². The van der Waals surface area contributed by atoms with Gasteiger partial charge in [0.2, 0.25) is 0 Å². The van der Waals surface area contributed by atoms with Crippen LogP contribution in [0.4, 0.5) is 18.9 Å². The first kappa shape index (κ1) is 11.0. The molecule has 0 aromatic heterocycles. The first-order valence-corrected chi connectivity index (χ1v) is 4.03. The smallest absolute Gasteiger partial charge is 0.404 e. The van der Waals surface area contributed by atoms with Gasteiger partial charge in [0.05, 0.1) is 5.69 Å². The largest absolute Gasteiger partial charge is 0.573 e. The van der Waals surface area contributed by atoms with E-state index in [4.69, 9.17) is 11.6 Å².